The van der Waals surface area contributed by atoms with E-state index in [1.165, 1.54) is 5.56 Å². The molecule has 2 aromatic carbocycles. The molecule has 1 aliphatic heterocycles. The number of nitrogens with one attached hydrogen (secondary N) is 1. The summed E-state index contributed by atoms with van der Waals surface area (Å²) in [5.41, 5.74) is 1.87. The molecule has 1 aliphatic rings. The molecule has 0 saturated carbocycles. The summed E-state index contributed by atoms with van der Waals surface area (Å²) in [4.78, 5) is 14.5. The highest BCUT2D eigenvalue weighted by Gasteiger charge is 2.36. The zero-order valence-corrected chi connectivity index (χ0v) is 15.5. The van der Waals surface area contributed by atoms with Gasteiger partial charge in [-0.05, 0) is 30.5 Å². The number of carbonyl (C=O) groups excluding carboxylic acids is 1. The third kappa shape index (κ3) is 4.71. The Morgan fingerprint density at radius 2 is 1.81 bits per heavy atom. The van der Waals surface area contributed by atoms with Gasteiger partial charge < -0.3 is 15.0 Å². The summed E-state index contributed by atoms with van der Waals surface area (Å²) in [6.07, 6.45) is 2.30. The molecule has 1 fully saturated rings. The molecule has 3 rings (SSSR count). The average Bonchev–Trinajstić information content (AvgIpc) is 2.72. The molecule has 1 atom stereocenters. The normalized spacial score (nSPS) is 19.9. The summed E-state index contributed by atoms with van der Waals surface area (Å²) < 4.78 is 6.28. The maximum atomic E-state index is 12.7. The summed E-state index contributed by atoms with van der Waals surface area (Å²) in [5, 5.41) is 3.46. The van der Waals surface area contributed by atoms with E-state index >= 15 is 0 Å². The van der Waals surface area contributed by atoms with Crippen molar-refractivity contribution in [1.29, 1.82) is 0 Å². The first-order chi connectivity index (χ1) is 12.7. The summed E-state index contributed by atoms with van der Waals surface area (Å²) in [6.45, 7) is 4.79. The Morgan fingerprint density at radius 3 is 2.42 bits per heavy atom. The molecule has 26 heavy (non-hydrogen) atoms. The van der Waals surface area contributed by atoms with Gasteiger partial charge in [0.25, 0.3) is 0 Å². The quantitative estimate of drug-likeness (QED) is 0.830. The first kappa shape index (κ1) is 18.6. The number of benzene rings is 2. The molecular weight excluding hydrogens is 324 g/mol. The SMILES string of the molecule is CCC(=O)N(CC1(CCc2ccccc2)CNCCO1)c1ccccc1. The van der Waals surface area contributed by atoms with E-state index in [0.29, 0.717) is 19.6 Å². The second kappa shape index (κ2) is 8.97. The van der Waals surface area contributed by atoms with Gasteiger partial charge in [0.05, 0.1) is 18.8 Å². The smallest absolute Gasteiger partial charge is 0.226 e. The van der Waals surface area contributed by atoms with Crippen LogP contribution in [0.4, 0.5) is 5.69 Å². The lowest BCUT2D eigenvalue weighted by Gasteiger charge is -2.41. The van der Waals surface area contributed by atoms with E-state index in [0.717, 1.165) is 31.6 Å². The second-order valence-electron chi connectivity index (χ2n) is 6.86. The lowest BCUT2D eigenvalue weighted by Crippen LogP contribution is -2.57. The molecule has 0 bridgehead atoms. The monoisotopic (exact) mass is 352 g/mol. The van der Waals surface area contributed by atoms with Gasteiger partial charge >= 0.3 is 0 Å². The minimum Gasteiger partial charge on any atom is -0.370 e. The molecule has 1 saturated heterocycles. The second-order valence-corrected chi connectivity index (χ2v) is 6.86. The van der Waals surface area contributed by atoms with Gasteiger partial charge in [-0.25, -0.2) is 0 Å². The third-order valence-electron chi connectivity index (χ3n) is 4.96. The third-order valence-corrected chi connectivity index (χ3v) is 4.96. The molecule has 1 amide bonds. The predicted molar refractivity (Wildman–Crippen MR) is 105 cm³/mol. The molecule has 1 N–H and O–H groups in total. The number of amides is 1. The number of hydrogen-bond acceptors (Lipinski definition) is 3. The topological polar surface area (TPSA) is 41.6 Å². The van der Waals surface area contributed by atoms with E-state index in [4.69, 9.17) is 4.74 Å². The molecule has 138 valence electrons. The molecule has 0 spiro atoms. The number of anilines is 1. The van der Waals surface area contributed by atoms with Gasteiger partial charge in [0.15, 0.2) is 0 Å². The Balaban J connectivity index is 1.80. The van der Waals surface area contributed by atoms with Crippen LogP contribution in [-0.4, -0.2) is 37.7 Å². The molecule has 0 aliphatic carbocycles. The van der Waals surface area contributed by atoms with Crippen molar-refractivity contribution in [2.75, 3.05) is 31.1 Å². The summed E-state index contributed by atoms with van der Waals surface area (Å²) in [5.74, 6) is 0.129. The first-order valence-corrected chi connectivity index (χ1v) is 9.46. The van der Waals surface area contributed by atoms with Crippen LogP contribution in [0.1, 0.15) is 25.3 Å². The van der Waals surface area contributed by atoms with Gasteiger partial charge in [-0.2, -0.15) is 0 Å². The average molecular weight is 352 g/mol. The molecule has 0 aromatic heterocycles. The lowest BCUT2D eigenvalue weighted by atomic mass is 9.92. The number of rotatable bonds is 7. The molecular formula is C22H28N2O2. The predicted octanol–water partition coefficient (Wildman–Crippen LogP) is 3.42. The Morgan fingerprint density at radius 1 is 1.12 bits per heavy atom. The van der Waals surface area contributed by atoms with E-state index in [9.17, 15) is 4.79 Å². The van der Waals surface area contributed by atoms with Crippen molar-refractivity contribution >= 4 is 11.6 Å². The van der Waals surface area contributed by atoms with Crippen LogP contribution in [0.2, 0.25) is 0 Å². The fourth-order valence-electron chi connectivity index (χ4n) is 3.48. The van der Waals surface area contributed by atoms with Crippen LogP contribution in [0.25, 0.3) is 0 Å². The van der Waals surface area contributed by atoms with E-state index in [2.05, 4.69) is 29.6 Å². The van der Waals surface area contributed by atoms with Gasteiger partial charge in [0, 0.05) is 25.2 Å². The minimum atomic E-state index is -0.366. The Hall–Kier alpha value is -2.17. The van der Waals surface area contributed by atoms with E-state index in [1.807, 2.05) is 48.2 Å². The summed E-state index contributed by atoms with van der Waals surface area (Å²) in [6, 6.07) is 20.4. The van der Waals surface area contributed by atoms with Crippen LogP contribution in [-0.2, 0) is 16.0 Å². The van der Waals surface area contributed by atoms with Crippen molar-refractivity contribution in [1.82, 2.24) is 5.32 Å². The van der Waals surface area contributed by atoms with Crippen molar-refractivity contribution in [2.45, 2.75) is 31.8 Å². The van der Waals surface area contributed by atoms with E-state index in [-0.39, 0.29) is 11.5 Å². The highest BCUT2D eigenvalue weighted by molar-refractivity contribution is 5.93. The Labute approximate surface area is 156 Å². The van der Waals surface area contributed by atoms with Crippen LogP contribution in [0, 0.1) is 0 Å². The zero-order valence-electron chi connectivity index (χ0n) is 15.5. The van der Waals surface area contributed by atoms with Crippen molar-refractivity contribution < 1.29 is 9.53 Å². The number of nitrogens with zero attached hydrogens (tertiary/aromatic N) is 1. The van der Waals surface area contributed by atoms with E-state index < -0.39 is 0 Å². The number of para-hydroxylation sites is 1. The fraction of sp³-hybridized carbons (Fsp3) is 0.409. The minimum absolute atomic E-state index is 0.129. The molecule has 4 nitrogen and oxygen atoms in total. The van der Waals surface area contributed by atoms with Crippen molar-refractivity contribution in [2.24, 2.45) is 0 Å². The largest absolute Gasteiger partial charge is 0.370 e. The fourth-order valence-corrected chi connectivity index (χ4v) is 3.48. The highest BCUT2D eigenvalue weighted by atomic mass is 16.5. The Kier molecular flexibility index (Phi) is 6.42. The Bertz CT molecular complexity index is 682. The van der Waals surface area contributed by atoms with Gasteiger partial charge in [-0.15, -0.1) is 0 Å². The van der Waals surface area contributed by atoms with Crippen molar-refractivity contribution in [3.8, 4) is 0 Å². The van der Waals surface area contributed by atoms with Crippen molar-refractivity contribution in [3.63, 3.8) is 0 Å². The molecule has 2 aromatic rings. The lowest BCUT2D eigenvalue weighted by molar-refractivity contribution is -0.120. The molecule has 1 unspecified atom stereocenters. The van der Waals surface area contributed by atoms with Crippen LogP contribution < -0.4 is 10.2 Å². The maximum Gasteiger partial charge on any atom is 0.226 e. The van der Waals surface area contributed by atoms with Crippen LogP contribution in [0.3, 0.4) is 0 Å². The number of aryl methyl sites for hydroxylation is 1. The molecule has 1 heterocycles. The summed E-state index contributed by atoms with van der Waals surface area (Å²) in [7, 11) is 0. The number of hydrogen-bond donors (Lipinski definition) is 1. The van der Waals surface area contributed by atoms with Crippen LogP contribution in [0.15, 0.2) is 60.7 Å². The summed E-state index contributed by atoms with van der Waals surface area (Å²) >= 11 is 0. The maximum absolute atomic E-state index is 12.7. The highest BCUT2D eigenvalue weighted by Crippen LogP contribution is 2.26. The number of morpholine rings is 1. The molecule has 0 radical (unpaired) electrons. The van der Waals surface area contributed by atoms with Gasteiger partial charge in [-0.3, -0.25) is 4.79 Å². The van der Waals surface area contributed by atoms with Gasteiger partial charge in [0.1, 0.15) is 0 Å². The van der Waals surface area contributed by atoms with Gasteiger partial charge in [-0.1, -0.05) is 55.5 Å². The van der Waals surface area contributed by atoms with Crippen LogP contribution in [0.5, 0.6) is 0 Å². The zero-order chi connectivity index (χ0) is 18.2. The van der Waals surface area contributed by atoms with Gasteiger partial charge in [0.2, 0.25) is 5.91 Å². The van der Waals surface area contributed by atoms with Crippen LogP contribution >= 0.6 is 0 Å². The number of carbonyl (C=O) groups is 1. The first-order valence-electron chi connectivity index (χ1n) is 9.46. The van der Waals surface area contributed by atoms with Crippen molar-refractivity contribution in [3.05, 3.63) is 66.2 Å². The molecule has 4 heteroatoms. The number of ether oxygens (including phenoxy) is 1. The van der Waals surface area contributed by atoms with E-state index in [1.54, 1.807) is 0 Å². The standard InChI is InChI=1S/C22H28N2O2/c1-2-21(25)24(20-11-7-4-8-12-20)18-22(17-23-15-16-26-22)14-13-19-9-5-3-6-10-19/h3-12,23H,2,13-18H2,1H3.